The van der Waals surface area contributed by atoms with E-state index in [1.165, 1.54) is 6.26 Å². The average molecular weight is 419 g/mol. The van der Waals surface area contributed by atoms with Crippen molar-refractivity contribution < 1.29 is 13.0 Å². The summed E-state index contributed by atoms with van der Waals surface area (Å²) in [4.78, 5) is 9.86. The van der Waals surface area contributed by atoms with Gasteiger partial charge in [-0.15, -0.1) is 11.3 Å². The summed E-state index contributed by atoms with van der Waals surface area (Å²) >= 11 is 7.55. The van der Waals surface area contributed by atoms with E-state index in [4.69, 9.17) is 20.4 Å². The van der Waals surface area contributed by atoms with E-state index in [0.29, 0.717) is 39.7 Å². The Morgan fingerprint density at radius 1 is 1.15 bits per heavy atom. The minimum absolute atomic E-state index is 0.282. The van der Waals surface area contributed by atoms with Crippen molar-refractivity contribution in [2.45, 2.75) is 18.4 Å². The highest BCUT2D eigenvalue weighted by Crippen LogP contribution is 2.27. The number of rotatable bonds is 6. The molecule has 3 heterocycles. The van der Waals surface area contributed by atoms with Gasteiger partial charge in [-0.2, -0.15) is 0 Å². The van der Waals surface area contributed by atoms with E-state index in [9.17, 15) is 4.21 Å². The van der Waals surface area contributed by atoms with Crippen molar-refractivity contribution in [2.24, 2.45) is 0 Å². The Labute approximate surface area is 167 Å². The second-order valence-electron chi connectivity index (χ2n) is 5.88. The Kier molecular flexibility index (Phi) is 5.24. The molecule has 0 unspecified atom stereocenters. The molecule has 4 rings (SSSR count). The van der Waals surface area contributed by atoms with E-state index in [-0.39, 0.29) is 5.75 Å². The summed E-state index contributed by atoms with van der Waals surface area (Å²) in [7, 11) is -1.18. The van der Waals surface area contributed by atoms with Crippen molar-refractivity contribution in [1.29, 1.82) is 0 Å². The van der Waals surface area contributed by atoms with Crippen LogP contribution in [0.3, 0.4) is 0 Å². The molecule has 0 spiro atoms. The van der Waals surface area contributed by atoms with Gasteiger partial charge < -0.3 is 8.83 Å². The number of aromatic nitrogens is 2. The summed E-state index contributed by atoms with van der Waals surface area (Å²) in [6.45, 7) is 1.84. The maximum absolute atomic E-state index is 12.6. The van der Waals surface area contributed by atoms with Crippen LogP contribution in [0.4, 0.5) is 0 Å². The number of aryl methyl sites for hydroxylation is 1. The molecule has 4 aromatic rings. The molecular formula is C19H15ClN2O3S2. The van der Waals surface area contributed by atoms with Gasteiger partial charge in [-0.1, -0.05) is 23.7 Å². The van der Waals surface area contributed by atoms with Crippen LogP contribution in [-0.4, -0.2) is 14.2 Å². The number of hydrogen-bond donors (Lipinski definition) is 0. The summed E-state index contributed by atoms with van der Waals surface area (Å²) in [5, 5.41) is 2.58. The highest BCUT2D eigenvalue weighted by molar-refractivity contribution is 7.83. The number of thiophene rings is 1. The van der Waals surface area contributed by atoms with Crippen LogP contribution in [0.1, 0.15) is 17.1 Å². The third-order valence-corrected chi connectivity index (χ3v) is 6.16. The molecule has 0 N–H and O–H groups in total. The number of hydrogen-bond acceptors (Lipinski definition) is 6. The van der Waals surface area contributed by atoms with Gasteiger partial charge in [0.05, 0.1) is 27.8 Å². The lowest BCUT2D eigenvalue weighted by atomic mass is 10.2. The molecule has 138 valence electrons. The zero-order chi connectivity index (χ0) is 18.8. The average Bonchev–Trinajstić information content (AvgIpc) is 3.37. The normalized spacial score (nSPS) is 12.4. The molecule has 0 fully saturated rings. The number of nitrogens with zero attached hydrogens (tertiary/aromatic N) is 2. The van der Waals surface area contributed by atoms with Crippen molar-refractivity contribution >= 4 is 33.7 Å². The van der Waals surface area contributed by atoms with Crippen LogP contribution in [0.5, 0.6) is 0 Å². The Morgan fingerprint density at radius 3 is 2.81 bits per heavy atom. The SMILES string of the molecule is Cc1oc(-c2cccs2)nc1C[S@@](=O)Cc1coc(-c2cccc(Cl)c2)n1. The van der Waals surface area contributed by atoms with Gasteiger partial charge in [0.1, 0.15) is 12.0 Å². The van der Waals surface area contributed by atoms with E-state index in [0.717, 1.165) is 10.4 Å². The van der Waals surface area contributed by atoms with E-state index >= 15 is 0 Å². The molecule has 0 amide bonds. The second kappa shape index (κ2) is 7.80. The lowest BCUT2D eigenvalue weighted by molar-refractivity contribution is 0.541. The Morgan fingerprint density at radius 2 is 2.04 bits per heavy atom. The lowest BCUT2D eigenvalue weighted by Gasteiger charge is -1.97. The number of benzene rings is 1. The maximum atomic E-state index is 12.6. The zero-order valence-corrected chi connectivity index (χ0v) is 16.7. The van der Waals surface area contributed by atoms with Gasteiger partial charge in [0, 0.05) is 21.4 Å². The number of halogens is 1. The fraction of sp³-hybridized carbons (Fsp3) is 0.158. The van der Waals surface area contributed by atoms with E-state index in [1.54, 1.807) is 23.5 Å². The quantitative estimate of drug-likeness (QED) is 0.415. The molecule has 0 radical (unpaired) electrons. The van der Waals surface area contributed by atoms with Crippen molar-refractivity contribution in [1.82, 2.24) is 9.97 Å². The molecule has 0 saturated carbocycles. The van der Waals surface area contributed by atoms with E-state index in [1.807, 2.05) is 36.6 Å². The summed E-state index contributed by atoms with van der Waals surface area (Å²) < 4.78 is 23.8. The molecule has 1 aromatic carbocycles. The van der Waals surface area contributed by atoms with Gasteiger partial charge in [0.25, 0.3) is 0 Å². The first-order valence-corrected chi connectivity index (χ1v) is 10.9. The molecular weight excluding hydrogens is 404 g/mol. The highest BCUT2D eigenvalue weighted by atomic mass is 35.5. The van der Waals surface area contributed by atoms with Crippen LogP contribution in [0.2, 0.25) is 5.02 Å². The van der Waals surface area contributed by atoms with Crippen molar-refractivity contribution in [3.8, 4) is 22.2 Å². The predicted molar refractivity (Wildman–Crippen MR) is 107 cm³/mol. The first-order chi connectivity index (χ1) is 13.1. The number of oxazole rings is 2. The molecule has 8 heteroatoms. The van der Waals surface area contributed by atoms with Crippen LogP contribution >= 0.6 is 22.9 Å². The molecule has 5 nitrogen and oxygen atoms in total. The molecule has 0 aliphatic heterocycles. The van der Waals surface area contributed by atoms with Crippen LogP contribution in [-0.2, 0) is 22.3 Å². The Bertz CT molecular complexity index is 1090. The molecule has 0 aliphatic carbocycles. The molecule has 0 bridgehead atoms. The fourth-order valence-corrected chi connectivity index (χ4v) is 4.54. The first kappa shape index (κ1) is 18.2. The standard InChI is InChI=1S/C19H15ClN2O3S2/c1-12-16(22-19(25-12)17-6-3-7-26-17)11-27(23)10-15-9-24-18(21-15)13-4-2-5-14(20)8-13/h2-9H,10-11H2,1H3/t27-/m0/s1. The topological polar surface area (TPSA) is 69.1 Å². The Hall–Kier alpha value is -2.22. The third-order valence-electron chi connectivity index (χ3n) is 3.85. The smallest absolute Gasteiger partial charge is 0.236 e. The van der Waals surface area contributed by atoms with Crippen LogP contribution in [0.25, 0.3) is 22.2 Å². The Balaban J connectivity index is 1.44. The molecule has 0 saturated heterocycles. The van der Waals surface area contributed by atoms with Gasteiger partial charge in [-0.3, -0.25) is 4.21 Å². The minimum Gasteiger partial charge on any atom is -0.444 e. The predicted octanol–water partition coefficient (Wildman–Crippen LogP) is 5.47. The third kappa shape index (κ3) is 4.21. The van der Waals surface area contributed by atoms with Crippen LogP contribution < -0.4 is 0 Å². The molecule has 3 aromatic heterocycles. The van der Waals surface area contributed by atoms with Gasteiger partial charge in [-0.05, 0) is 36.6 Å². The summed E-state index contributed by atoms with van der Waals surface area (Å²) in [5.74, 6) is 2.30. The van der Waals surface area contributed by atoms with E-state index < -0.39 is 10.8 Å². The fourth-order valence-electron chi connectivity index (χ4n) is 2.56. The molecule has 0 aliphatic rings. The van der Waals surface area contributed by atoms with Gasteiger partial charge in [0.15, 0.2) is 0 Å². The summed E-state index contributed by atoms with van der Waals surface area (Å²) in [6.07, 6.45) is 1.53. The lowest BCUT2D eigenvalue weighted by Crippen LogP contribution is -2.01. The van der Waals surface area contributed by atoms with E-state index in [2.05, 4.69) is 9.97 Å². The first-order valence-electron chi connectivity index (χ1n) is 8.14. The van der Waals surface area contributed by atoms with Crippen LogP contribution in [0.15, 0.2) is 56.9 Å². The van der Waals surface area contributed by atoms with Gasteiger partial charge in [0.2, 0.25) is 11.8 Å². The largest absolute Gasteiger partial charge is 0.444 e. The summed E-state index contributed by atoms with van der Waals surface area (Å²) in [5.41, 5.74) is 2.12. The second-order valence-corrected chi connectivity index (χ2v) is 8.72. The van der Waals surface area contributed by atoms with Crippen molar-refractivity contribution in [3.05, 3.63) is 70.2 Å². The molecule has 27 heavy (non-hydrogen) atoms. The van der Waals surface area contributed by atoms with Gasteiger partial charge in [-0.25, -0.2) is 9.97 Å². The maximum Gasteiger partial charge on any atom is 0.236 e. The van der Waals surface area contributed by atoms with Crippen molar-refractivity contribution in [2.75, 3.05) is 0 Å². The highest BCUT2D eigenvalue weighted by Gasteiger charge is 2.16. The monoisotopic (exact) mass is 418 g/mol. The van der Waals surface area contributed by atoms with Crippen LogP contribution in [0, 0.1) is 6.92 Å². The molecule has 1 atom stereocenters. The van der Waals surface area contributed by atoms with Crippen molar-refractivity contribution in [3.63, 3.8) is 0 Å². The van der Waals surface area contributed by atoms with Gasteiger partial charge >= 0.3 is 0 Å². The summed E-state index contributed by atoms with van der Waals surface area (Å²) in [6, 6.07) is 11.2. The zero-order valence-electron chi connectivity index (χ0n) is 14.3. The minimum atomic E-state index is -1.18.